The van der Waals surface area contributed by atoms with Gasteiger partial charge in [0.25, 0.3) is 0 Å². The van der Waals surface area contributed by atoms with Crippen LogP contribution in [0.2, 0.25) is 0 Å². The molecule has 0 aliphatic rings. The zero-order valence-corrected chi connectivity index (χ0v) is 16.7. The standard InChI is InChI=1S/C21H27NO6.H2O/c1-16(22-12-17(23)14-27-18-6-4-3-5-7-18)13-26-19-8-10-20(11-9-19)28-15-21(24)25-2;/h3-11,16-17,22-23H,12-15H2,1-2H3;1H2. The molecule has 160 valence electrons. The Hall–Kier alpha value is -2.81. The molecule has 8 nitrogen and oxygen atoms in total. The molecule has 4 N–H and O–H groups in total. The molecule has 2 rings (SSSR count). The van der Waals surface area contributed by atoms with E-state index in [4.69, 9.17) is 14.2 Å². The molecule has 2 unspecified atom stereocenters. The normalized spacial score (nSPS) is 12.2. The first kappa shape index (κ1) is 24.2. The van der Waals surface area contributed by atoms with Crippen LogP contribution in [0.25, 0.3) is 0 Å². The van der Waals surface area contributed by atoms with Crippen molar-refractivity contribution in [1.82, 2.24) is 5.32 Å². The molecular weight excluding hydrogens is 378 g/mol. The number of benzene rings is 2. The van der Waals surface area contributed by atoms with Crippen LogP contribution < -0.4 is 19.5 Å². The van der Waals surface area contributed by atoms with E-state index in [1.807, 2.05) is 37.3 Å². The highest BCUT2D eigenvalue weighted by Gasteiger charge is 2.09. The van der Waals surface area contributed by atoms with Gasteiger partial charge in [0.05, 0.1) is 7.11 Å². The van der Waals surface area contributed by atoms with Gasteiger partial charge in [0.2, 0.25) is 0 Å². The van der Waals surface area contributed by atoms with Crippen LogP contribution in [0.4, 0.5) is 0 Å². The van der Waals surface area contributed by atoms with E-state index in [0.29, 0.717) is 24.7 Å². The Morgan fingerprint density at radius 2 is 1.48 bits per heavy atom. The summed E-state index contributed by atoms with van der Waals surface area (Å²) >= 11 is 0. The maximum Gasteiger partial charge on any atom is 0.343 e. The fourth-order valence-electron chi connectivity index (χ4n) is 2.22. The van der Waals surface area contributed by atoms with Crippen molar-refractivity contribution in [2.45, 2.75) is 19.1 Å². The van der Waals surface area contributed by atoms with Crippen LogP contribution in [-0.4, -0.2) is 62.2 Å². The van der Waals surface area contributed by atoms with Gasteiger partial charge >= 0.3 is 5.97 Å². The Balaban J connectivity index is 0.00000420. The van der Waals surface area contributed by atoms with Gasteiger partial charge in [0.15, 0.2) is 6.61 Å². The minimum absolute atomic E-state index is 0. The van der Waals surface area contributed by atoms with Crippen LogP contribution in [0, 0.1) is 0 Å². The Labute approximate surface area is 170 Å². The predicted octanol–water partition coefficient (Wildman–Crippen LogP) is 1.21. The molecule has 29 heavy (non-hydrogen) atoms. The summed E-state index contributed by atoms with van der Waals surface area (Å²) in [4.78, 5) is 11.0. The number of methoxy groups -OCH3 is 1. The lowest BCUT2D eigenvalue weighted by atomic mass is 10.3. The summed E-state index contributed by atoms with van der Waals surface area (Å²) in [6.07, 6.45) is -0.617. The second kappa shape index (κ2) is 13.4. The third-order valence-corrected chi connectivity index (χ3v) is 3.80. The summed E-state index contributed by atoms with van der Waals surface area (Å²) in [5.41, 5.74) is 0. The number of rotatable bonds is 12. The van der Waals surface area contributed by atoms with E-state index in [1.54, 1.807) is 24.3 Å². The lowest BCUT2D eigenvalue weighted by molar-refractivity contribution is -0.142. The quantitative estimate of drug-likeness (QED) is 0.508. The van der Waals surface area contributed by atoms with Crippen molar-refractivity contribution in [2.24, 2.45) is 0 Å². The molecule has 0 saturated carbocycles. The minimum atomic E-state index is -0.617. The van der Waals surface area contributed by atoms with Crippen molar-refractivity contribution in [3.8, 4) is 17.2 Å². The SMILES string of the molecule is COC(=O)COc1ccc(OCC(C)NCC(O)COc2ccccc2)cc1.O. The maximum absolute atomic E-state index is 11.0. The zero-order valence-electron chi connectivity index (χ0n) is 16.7. The van der Waals surface area contributed by atoms with Crippen molar-refractivity contribution in [3.05, 3.63) is 54.6 Å². The summed E-state index contributed by atoms with van der Waals surface area (Å²) < 4.78 is 21.0. The molecule has 8 heteroatoms. The number of carbonyl (C=O) groups excluding carboxylic acids is 1. The molecule has 0 aromatic heterocycles. The number of para-hydroxylation sites is 1. The van der Waals surface area contributed by atoms with Crippen LogP contribution in [0.3, 0.4) is 0 Å². The van der Waals surface area contributed by atoms with Gasteiger partial charge in [-0.15, -0.1) is 0 Å². The Morgan fingerprint density at radius 1 is 0.931 bits per heavy atom. The van der Waals surface area contributed by atoms with E-state index in [2.05, 4.69) is 10.1 Å². The topological polar surface area (TPSA) is 118 Å². The average Bonchev–Trinajstić information content (AvgIpc) is 2.74. The average molecular weight is 407 g/mol. The van der Waals surface area contributed by atoms with Gasteiger partial charge in [0, 0.05) is 12.6 Å². The van der Waals surface area contributed by atoms with Crippen molar-refractivity contribution in [1.29, 1.82) is 0 Å². The van der Waals surface area contributed by atoms with Gasteiger partial charge in [-0.3, -0.25) is 0 Å². The summed E-state index contributed by atoms with van der Waals surface area (Å²) in [6.45, 7) is 2.90. The number of carbonyl (C=O) groups is 1. The van der Waals surface area contributed by atoms with Gasteiger partial charge in [0.1, 0.15) is 36.6 Å². The van der Waals surface area contributed by atoms with Crippen molar-refractivity contribution in [2.75, 3.05) is 33.5 Å². The molecule has 0 fully saturated rings. The predicted molar refractivity (Wildman–Crippen MR) is 108 cm³/mol. The highest BCUT2D eigenvalue weighted by Crippen LogP contribution is 2.17. The number of aliphatic hydroxyl groups is 1. The van der Waals surface area contributed by atoms with Crippen LogP contribution in [0.1, 0.15) is 6.92 Å². The maximum atomic E-state index is 11.0. The molecule has 0 radical (unpaired) electrons. The fourth-order valence-corrected chi connectivity index (χ4v) is 2.22. The van der Waals surface area contributed by atoms with Gasteiger partial charge < -0.3 is 34.8 Å². The van der Waals surface area contributed by atoms with E-state index in [0.717, 1.165) is 5.75 Å². The fraction of sp³-hybridized carbons (Fsp3) is 0.381. The molecule has 2 aromatic rings. The minimum Gasteiger partial charge on any atom is -0.492 e. The van der Waals surface area contributed by atoms with Gasteiger partial charge in [-0.05, 0) is 43.3 Å². The summed E-state index contributed by atoms with van der Waals surface area (Å²) in [6, 6.07) is 16.4. The molecule has 0 aliphatic carbocycles. The zero-order chi connectivity index (χ0) is 20.2. The van der Waals surface area contributed by atoms with Crippen LogP contribution in [0.15, 0.2) is 54.6 Å². The first-order valence-corrected chi connectivity index (χ1v) is 9.08. The Morgan fingerprint density at radius 3 is 2.10 bits per heavy atom. The van der Waals surface area contributed by atoms with Gasteiger partial charge in [-0.1, -0.05) is 18.2 Å². The highest BCUT2D eigenvalue weighted by molar-refractivity contribution is 5.70. The molecule has 0 aliphatic heterocycles. The summed E-state index contributed by atoms with van der Waals surface area (Å²) in [5.74, 6) is 1.55. The van der Waals surface area contributed by atoms with E-state index in [-0.39, 0.29) is 24.7 Å². The van der Waals surface area contributed by atoms with Crippen LogP contribution >= 0.6 is 0 Å². The highest BCUT2D eigenvalue weighted by atomic mass is 16.6. The number of aliphatic hydroxyl groups excluding tert-OH is 1. The Bertz CT molecular complexity index is 694. The van der Waals surface area contributed by atoms with Crippen molar-refractivity contribution >= 4 is 5.97 Å². The van der Waals surface area contributed by atoms with Crippen LogP contribution in [-0.2, 0) is 9.53 Å². The van der Waals surface area contributed by atoms with Gasteiger partial charge in [-0.25, -0.2) is 4.79 Å². The molecular formula is C21H29NO7. The number of hydrogen-bond donors (Lipinski definition) is 2. The number of esters is 1. The lowest BCUT2D eigenvalue weighted by Gasteiger charge is -2.18. The second-order valence-electron chi connectivity index (χ2n) is 6.23. The number of hydrogen-bond acceptors (Lipinski definition) is 7. The third-order valence-electron chi connectivity index (χ3n) is 3.80. The summed E-state index contributed by atoms with van der Waals surface area (Å²) in [7, 11) is 1.31. The first-order chi connectivity index (χ1) is 13.6. The molecule has 2 aromatic carbocycles. The first-order valence-electron chi connectivity index (χ1n) is 9.08. The molecule has 0 heterocycles. The van der Waals surface area contributed by atoms with E-state index in [9.17, 15) is 9.90 Å². The molecule has 0 amide bonds. The van der Waals surface area contributed by atoms with E-state index < -0.39 is 12.1 Å². The van der Waals surface area contributed by atoms with Crippen molar-refractivity contribution < 1.29 is 34.3 Å². The van der Waals surface area contributed by atoms with Crippen LogP contribution in [0.5, 0.6) is 17.2 Å². The second-order valence-corrected chi connectivity index (χ2v) is 6.23. The Kier molecular flexibility index (Phi) is 11.2. The number of nitrogens with one attached hydrogen (secondary N) is 1. The monoisotopic (exact) mass is 407 g/mol. The molecule has 0 saturated heterocycles. The van der Waals surface area contributed by atoms with Crippen molar-refractivity contribution in [3.63, 3.8) is 0 Å². The van der Waals surface area contributed by atoms with E-state index >= 15 is 0 Å². The largest absolute Gasteiger partial charge is 0.492 e. The van der Waals surface area contributed by atoms with Gasteiger partial charge in [-0.2, -0.15) is 0 Å². The molecule has 0 bridgehead atoms. The third kappa shape index (κ3) is 9.79. The molecule has 2 atom stereocenters. The van der Waals surface area contributed by atoms with E-state index in [1.165, 1.54) is 7.11 Å². The lowest BCUT2D eigenvalue weighted by Crippen LogP contribution is -2.39. The number of ether oxygens (including phenoxy) is 4. The summed E-state index contributed by atoms with van der Waals surface area (Å²) in [5, 5.41) is 13.2. The smallest absolute Gasteiger partial charge is 0.343 e. The molecule has 0 spiro atoms.